The molecule has 0 atom stereocenters. The Kier molecular flexibility index (Phi) is 6.30. The Morgan fingerprint density at radius 1 is 0.880 bits per heavy atom. The van der Waals surface area contributed by atoms with E-state index < -0.39 is 11.8 Å². The van der Waals surface area contributed by atoms with E-state index in [-0.39, 0.29) is 17.1 Å². The summed E-state index contributed by atoms with van der Waals surface area (Å²) in [7, 11) is 4.31. The third kappa shape index (κ3) is 4.24. The highest BCUT2D eigenvalue weighted by Crippen LogP contribution is 2.38. The molecular formula is C18H18O6S. The van der Waals surface area contributed by atoms with Gasteiger partial charge in [-0.25, -0.2) is 4.79 Å². The molecule has 0 spiro atoms. The standard InChI is InChI=1S/C18H18O6S/c1-21-14-9-11(10-15(22-2)17(14)23-3)16(19)18(20)24-12-5-7-13(25-4)8-6-12/h5-10H,1-4H3. The van der Waals surface area contributed by atoms with Crippen molar-refractivity contribution in [2.24, 2.45) is 0 Å². The Labute approximate surface area is 150 Å². The summed E-state index contributed by atoms with van der Waals surface area (Å²) < 4.78 is 20.7. The number of rotatable bonds is 7. The van der Waals surface area contributed by atoms with Gasteiger partial charge < -0.3 is 18.9 Å². The fourth-order valence-electron chi connectivity index (χ4n) is 2.13. The summed E-state index contributed by atoms with van der Waals surface area (Å²) in [6.45, 7) is 0. The average molecular weight is 362 g/mol. The highest BCUT2D eigenvalue weighted by Gasteiger charge is 2.23. The van der Waals surface area contributed by atoms with Gasteiger partial charge in [0.25, 0.3) is 5.78 Å². The summed E-state index contributed by atoms with van der Waals surface area (Å²) in [6.07, 6.45) is 1.94. The molecule has 0 aliphatic carbocycles. The predicted molar refractivity (Wildman–Crippen MR) is 94.3 cm³/mol. The van der Waals surface area contributed by atoms with Crippen molar-refractivity contribution in [2.75, 3.05) is 27.6 Å². The maximum absolute atomic E-state index is 12.4. The van der Waals surface area contributed by atoms with E-state index in [1.54, 1.807) is 36.0 Å². The fourth-order valence-corrected chi connectivity index (χ4v) is 2.54. The van der Waals surface area contributed by atoms with Gasteiger partial charge in [0, 0.05) is 10.5 Å². The summed E-state index contributed by atoms with van der Waals surface area (Å²) in [6, 6.07) is 9.68. The minimum absolute atomic E-state index is 0.0835. The SMILES string of the molecule is COc1cc(C(=O)C(=O)Oc2ccc(SC)cc2)cc(OC)c1OC. The molecule has 6 nitrogen and oxygen atoms in total. The number of methoxy groups -OCH3 is 3. The number of benzene rings is 2. The van der Waals surface area contributed by atoms with Gasteiger partial charge in [-0.05, 0) is 42.7 Å². The molecule has 2 aromatic rings. The number of esters is 1. The monoisotopic (exact) mass is 362 g/mol. The Bertz CT molecular complexity index is 745. The molecule has 0 aliphatic heterocycles. The molecule has 0 aromatic heterocycles. The van der Waals surface area contributed by atoms with Gasteiger partial charge in [0.15, 0.2) is 11.5 Å². The van der Waals surface area contributed by atoms with Crippen LogP contribution in [0.2, 0.25) is 0 Å². The van der Waals surface area contributed by atoms with E-state index in [4.69, 9.17) is 18.9 Å². The largest absolute Gasteiger partial charge is 0.493 e. The number of Topliss-reactive ketones (excluding diaryl/α,β-unsaturated/α-hetero) is 1. The number of hydrogen-bond acceptors (Lipinski definition) is 7. The number of carbonyl (C=O) groups is 2. The molecule has 0 radical (unpaired) electrons. The van der Waals surface area contributed by atoms with Crippen LogP contribution in [-0.2, 0) is 4.79 Å². The van der Waals surface area contributed by atoms with Crippen LogP contribution in [0.4, 0.5) is 0 Å². The van der Waals surface area contributed by atoms with Crippen molar-refractivity contribution in [1.29, 1.82) is 0 Å². The van der Waals surface area contributed by atoms with Gasteiger partial charge in [-0.1, -0.05) is 0 Å². The van der Waals surface area contributed by atoms with E-state index in [1.165, 1.54) is 33.5 Å². The van der Waals surface area contributed by atoms with Crippen LogP contribution in [0.5, 0.6) is 23.0 Å². The number of carbonyl (C=O) groups excluding carboxylic acids is 2. The minimum atomic E-state index is -0.994. The lowest BCUT2D eigenvalue weighted by molar-refractivity contribution is -0.129. The van der Waals surface area contributed by atoms with Gasteiger partial charge in [0.05, 0.1) is 21.3 Å². The summed E-state index contributed by atoms with van der Waals surface area (Å²) in [5.41, 5.74) is 0.0835. The predicted octanol–water partition coefficient (Wildman–Crippen LogP) is 3.22. The van der Waals surface area contributed by atoms with Crippen molar-refractivity contribution in [3.8, 4) is 23.0 Å². The van der Waals surface area contributed by atoms with Crippen LogP contribution in [0.1, 0.15) is 10.4 Å². The first-order valence-corrected chi connectivity index (χ1v) is 8.47. The smallest absolute Gasteiger partial charge is 0.385 e. The normalized spacial score (nSPS) is 10.1. The second-order valence-electron chi connectivity index (χ2n) is 4.81. The van der Waals surface area contributed by atoms with Crippen LogP contribution in [-0.4, -0.2) is 39.3 Å². The minimum Gasteiger partial charge on any atom is -0.493 e. The quantitative estimate of drug-likeness (QED) is 0.246. The van der Waals surface area contributed by atoms with Crippen molar-refractivity contribution in [3.63, 3.8) is 0 Å². The van der Waals surface area contributed by atoms with Gasteiger partial charge in [-0.3, -0.25) is 4.79 Å². The Morgan fingerprint density at radius 3 is 1.88 bits per heavy atom. The summed E-state index contributed by atoms with van der Waals surface area (Å²) in [4.78, 5) is 25.5. The van der Waals surface area contributed by atoms with E-state index in [0.717, 1.165) is 4.90 Å². The number of hydrogen-bond donors (Lipinski definition) is 0. The lowest BCUT2D eigenvalue weighted by Gasteiger charge is -2.13. The molecule has 7 heteroatoms. The Balaban J connectivity index is 2.24. The first-order chi connectivity index (χ1) is 12.0. The second-order valence-corrected chi connectivity index (χ2v) is 5.69. The van der Waals surface area contributed by atoms with E-state index in [1.807, 2.05) is 6.26 Å². The molecule has 0 heterocycles. The van der Waals surface area contributed by atoms with Crippen molar-refractivity contribution < 1.29 is 28.5 Å². The zero-order chi connectivity index (χ0) is 18.4. The molecular weight excluding hydrogens is 344 g/mol. The molecule has 132 valence electrons. The molecule has 0 amide bonds. The second kappa shape index (κ2) is 8.43. The summed E-state index contributed by atoms with van der Waals surface area (Å²) in [5, 5.41) is 0. The molecule has 0 unspecified atom stereocenters. The van der Waals surface area contributed by atoms with E-state index in [2.05, 4.69) is 0 Å². The third-order valence-electron chi connectivity index (χ3n) is 3.38. The zero-order valence-electron chi connectivity index (χ0n) is 14.3. The molecule has 25 heavy (non-hydrogen) atoms. The zero-order valence-corrected chi connectivity index (χ0v) is 15.1. The van der Waals surface area contributed by atoms with Crippen LogP contribution >= 0.6 is 11.8 Å². The van der Waals surface area contributed by atoms with Crippen molar-refractivity contribution in [3.05, 3.63) is 42.0 Å². The highest BCUT2D eigenvalue weighted by atomic mass is 32.2. The van der Waals surface area contributed by atoms with Crippen molar-refractivity contribution >= 4 is 23.5 Å². The molecule has 0 saturated carbocycles. The van der Waals surface area contributed by atoms with E-state index in [9.17, 15) is 9.59 Å². The summed E-state index contributed by atoms with van der Waals surface area (Å²) in [5.74, 6) is -0.616. The topological polar surface area (TPSA) is 71.1 Å². The van der Waals surface area contributed by atoms with Crippen LogP contribution in [0, 0.1) is 0 Å². The average Bonchev–Trinajstić information content (AvgIpc) is 2.66. The van der Waals surface area contributed by atoms with Gasteiger partial charge in [0.1, 0.15) is 5.75 Å². The van der Waals surface area contributed by atoms with Gasteiger partial charge >= 0.3 is 5.97 Å². The maximum atomic E-state index is 12.4. The lowest BCUT2D eigenvalue weighted by Crippen LogP contribution is -2.20. The first kappa shape index (κ1) is 18.7. The van der Waals surface area contributed by atoms with Crippen LogP contribution < -0.4 is 18.9 Å². The molecule has 0 saturated heterocycles. The van der Waals surface area contributed by atoms with E-state index in [0.29, 0.717) is 11.5 Å². The first-order valence-electron chi connectivity index (χ1n) is 7.24. The number of ether oxygens (including phenoxy) is 4. The fraction of sp³-hybridized carbons (Fsp3) is 0.222. The van der Waals surface area contributed by atoms with Gasteiger partial charge in [-0.2, -0.15) is 0 Å². The third-order valence-corrected chi connectivity index (χ3v) is 4.13. The van der Waals surface area contributed by atoms with Crippen molar-refractivity contribution in [2.45, 2.75) is 4.90 Å². The molecule has 2 aromatic carbocycles. The Morgan fingerprint density at radius 2 is 1.44 bits per heavy atom. The molecule has 0 N–H and O–H groups in total. The van der Waals surface area contributed by atoms with Crippen molar-refractivity contribution in [1.82, 2.24) is 0 Å². The number of thioether (sulfide) groups is 1. The van der Waals surface area contributed by atoms with E-state index >= 15 is 0 Å². The van der Waals surface area contributed by atoms with Gasteiger partial charge in [0.2, 0.25) is 5.75 Å². The lowest BCUT2D eigenvalue weighted by atomic mass is 10.1. The molecule has 0 bridgehead atoms. The Hall–Kier alpha value is -2.67. The molecule has 2 rings (SSSR count). The number of ketones is 1. The van der Waals surface area contributed by atoms with Crippen LogP contribution in [0.25, 0.3) is 0 Å². The van der Waals surface area contributed by atoms with Crippen LogP contribution in [0.15, 0.2) is 41.3 Å². The molecule has 0 fully saturated rings. The maximum Gasteiger partial charge on any atom is 0.385 e. The highest BCUT2D eigenvalue weighted by molar-refractivity contribution is 7.98. The van der Waals surface area contributed by atoms with Gasteiger partial charge in [-0.15, -0.1) is 11.8 Å². The summed E-state index contributed by atoms with van der Waals surface area (Å²) >= 11 is 1.56. The molecule has 0 aliphatic rings. The van der Waals surface area contributed by atoms with Crippen LogP contribution in [0.3, 0.4) is 0 Å².